The van der Waals surface area contributed by atoms with E-state index in [4.69, 9.17) is 4.74 Å². The van der Waals surface area contributed by atoms with Crippen LogP contribution in [0.15, 0.2) is 12.4 Å². The van der Waals surface area contributed by atoms with E-state index in [0.717, 1.165) is 13.2 Å². The quantitative estimate of drug-likeness (QED) is 0.788. The van der Waals surface area contributed by atoms with Gasteiger partial charge in [-0.1, -0.05) is 13.8 Å². The largest absolute Gasteiger partial charge is 0.377 e. The second-order valence-electron chi connectivity index (χ2n) is 3.87. The van der Waals surface area contributed by atoms with Crippen LogP contribution in [0.3, 0.4) is 0 Å². The number of anilines is 1. The Hall–Kier alpha value is -1.16. The van der Waals surface area contributed by atoms with Gasteiger partial charge >= 0.3 is 0 Å². The summed E-state index contributed by atoms with van der Waals surface area (Å²) in [5.74, 6) is 1.18. The predicted octanol–water partition coefficient (Wildman–Crippen LogP) is 1.41. The zero-order chi connectivity index (χ0) is 9.97. The van der Waals surface area contributed by atoms with Gasteiger partial charge in [0.05, 0.1) is 19.3 Å². The highest BCUT2D eigenvalue weighted by Crippen LogP contribution is 2.13. The van der Waals surface area contributed by atoms with Crippen molar-refractivity contribution in [3.63, 3.8) is 0 Å². The predicted molar refractivity (Wildman–Crippen MR) is 54.4 cm³/mol. The normalized spacial score (nSPS) is 16.8. The maximum absolute atomic E-state index is 5.05. The Morgan fingerprint density at radius 3 is 2.43 bits per heavy atom. The Morgan fingerprint density at radius 2 is 2.00 bits per heavy atom. The standard InChI is InChI=1S/C10H15N3O/c1-7(2)8-3-11-10(12-4-8)13-9-5-14-6-9/h3-4,7,9H,5-6H2,1-2H3,(H,11,12,13). The summed E-state index contributed by atoms with van der Waals surface area (Å²) in [6, 6.07) is 0.389. The number of rotatable bonds is 3. The lowest BCUT2D eigenvalue weighted by Gasteiger charge is -2.26. The second-order valence-corrected chi connectivity index (χ2v) is 3.87. The third-order valence-corrected chi connectivity index (χ3v) is 2.31. The summed E-state index contributed by atoms with van der Waals surface area (Å²) in [7, 11) is 0. The Kier molecular flexibility index (Phi) is 2.63. The fourth-order valence-corrected chi connectivity index (χ4v) is 1.21. The van der Waals surface area contributed by atoms with Crippen LogP contribution < -0.4 is 5.32 Å². The molecule has 1 aliphatic heterocycles. The molecule has 4 heteroatoms. The number of aromatic nitrogens is 2. The van der Waals surface area contributed by atoms with E-state index < -0.39 is 0 Å². The number of ether oxygens (including phenoxy) is 1. The molecular formula is C10H15N3O. The van der Waals surface area contributed by atoms with Gasteiger partial charge in [0.2, 0.25) is 5.95 Å². The lowest BCUT2D eigenvalue weighted by molar-refractivity contribution is 0.0208. The van der Waals surface area contributed by atoms with E-state index in [9.17, 15) is 0 Å². The van der Waals surface area contributed by atoms with Gasteiger partial charge in [-0.3, -0.25) is 0 Å². The van der Waals surface area contributed by atoms with Crippen molar-refractivity contribution in [1.82, 2.24) is 9.97 Å². The van der Waals surface area contributed by atoms with Gasteiger partial charge in [-0.15, -0.1) is 0 Å². The summed E-state index contributed by atoms with van der Waals surface area (Å²) in [5.41, 5.74) is 1.17. The van der Waals surface area contributed by atoms with Crippen LogP contribution in [0, 0.1) is 0 Å². The maximum atomic E-state index is 5.05. The summed E-state index contributed by atoms with van der Waals surface area (Å²) in [4.78, 5) is 8.49. The lowest BCUT2D eigenvalue weighted by Crippen LogP contribution is -2.40. The van der Waals surface area contributed by atoms with E-state index in [-0.39, 0.29) is 0 Å². The molecule has 0 spiro atoms. The highest BCUT2D eigenvalue weighted by Gasteiger charge is 2.18. The Balaban J connectivity index is 1.98. The highest BCUT2D eigenvalue weighted by atomic mass is 16.5. The Bertz CT molecular complexity index is 293. The van der Waals surface area contributed by atoms with E-state index in [0.29, 0.717) is 17.9 Å². The molecule has 1 saturated heterocycles. The highest BCUT2D eigenvalue weighted by molar-refractivity contribution is 5.27. The third kappa shape index (κ3) is 2.01. The minimum absolute atomic E-state index is 0.389. The summed E-state index contributed by atoms with van der Waals surface area (Å²) >= 11 is 0. The van der Waals surface area contributed by atoms with Gasteiger partial charge in [0.25, 0.3) is 0 Å². The van der Waals surface area contributed by atoms with Crippen LogP contribution in [0.2, 0.25) is 0 Å². The zero-order valence-corrected chi connectivity index (χ0v) is 8.53. The van der Waals surface area contributed by atoms with Crippen molar-refractivity contribution < 1.29 is 4.74 Å². The Morgan fingerprint density at radius 1 is 1.36 bits per heavy atom. The molecule has 0 unspecified atom stereocenters. The topological polar surface area (TPSA) is 47.0 Å². The first-order chi connectivity index (χ1) is 6.75. The van der Waals surface area contributed by atoms with Gasteiger partial charge in [0.15, 0.2) is 0 Å². The first-order valence-corrected chi connectivity index (χ1v) is 4.92. The first-order valence-electron chi connectivity index (χ1n) is 4.92. The minimum Gasteiger partial charge on any atom is -0.377 e. The first kappa shape index (κ1) is 9.40. The Labute approximate surface area is 83.7 Å². The summed E-state index contributed by atoms with van der Waals surface area (Å²) in [5, 5.41) is 3.20. The van der Waals surface area contributed by atoms with Crippen molar-refractivity contribution in [1.29, 1.82) is 0 Å². The van der Waals surface area contributed by atoms with Crippen molar-refractivity contribution in [2.75, 3.05) is 18.5 Å². The number of nitrogens with one attached hydrogen (secondary N) is 1. The molecule has 1 aromatic heterocycles. The fourth-order valence-electron chi connectivity index (χ4n) is 1.21. The molecule has 0 radical (unpaired) electrons. The van der Waals surface area contributed by atoms with Crippen LogP contribution in [0.4, 0.5) is 5.95 Å². The molecular weight excluding hydrogens is 178 g/mol. The molecule has 14 heavy (non-hydrogen) atoms. The fraction of sp³-hybridized carbons (Fsp3) is 0.600. The van der Waals surface area contributed by atoms with E-state index in [1.807, 2.05) is 12.4 Å². The molecule has 0 aliphatic carbocycles. The molecule has 0 saturated carbocycles. The molecule has 0 bridgehead atoms. The summed E-state index contributed by atoms with van der Waals surface area (Å²) in [6.45, 7) is 5.78. The van der Waals surface area contributed by atoms with Crippen LogP contribution in [0.25, 0.3) is 0 Å². The van der Waals surface area contributed by atoms with Crippen LogP contribution in [-0.4, -0.2) is 29.2 Å². The van der Waals surface area contributed by atoms with Crippen LogP contribution >= 0.6 is 0 Å². The lowest BCUT2D eigenvalue weighted by atomic mass is 10.1. The molecule has 1 N–H and O–H groups in total. The molecule has 2 heterocycles. The van der Waals surface area contributed by atoms with Crippen molar-refractivity contribution >= 4 is 5.95 Å². The third-order valence-electron chi connectivity index (χ3n) is 2.31. The van der Waals surface area contributed by atoms with E-state index >= 15 is 0 Å². The van der Waals surface area contributed by atoms with Crippen molar-refractivity contribution in [2.24, 2.45) is 0 Å². The number of nitrogens with zero attached hydrogens (tertiary/aromatic N) is 2. The monoisotopic (exact) mass is 193 g/mol. The summed E-state index contributed by atoms with van der Waals surface area (Å²) in [6.07, 6.45) is 3.75. The van der Waals surface area contributed by atoms with Crippen LogP contribution in [0.1, 0.15) is 25.3 Å². The van der Waals surface area contributed by atoms with E-state index in [1.165, 1.54) is 5.56 Å². The molecule has 0 amide bonds. The molecule has 0 aromatic carbocycles. The molecule has 1 aromatic rings. The van der Waals surface area contributed by atoms with Gasteiger partial charge in [-0.25, -0.2) is 9.97 Å². The van der Waals surface area contributed by atoms with Gasteiger partial charge in [-0.05, 0) is 11.5 Å². The average molecular weight is 193 g/mol. The van der Waals surface area contributed by atoms with Crippen LogP contribution in [0.5, 0.6) is 0 Å². The number of hydrogen-bond acceptors (Lipinski definition) is 4. The molecule has 0 atom stereocenters. The molecule has 2 rings (SSSR count). The second kappa shape index (κ2) is 3.92. The van der Waals surface area contributed by atoms with Gasteiger partial charge in [0.1, 0.15) is 0 Å². The average Bonchev–Trinajstić information content (AvgIpc) is 2.12. The van der Waals surface area contributed by atoms with Crippen molar-refractivity contribution in [3.05, 3.63) is 18.0 Å². The van der Waals surface area contributed by atoms with Gasteiger partial charge in [-0.2, -0.15) is 0 Å². The van der Waals surface area contributed by atoms with Crippen LogP contribution in [-0.2, 0) is 4.74 Å². The number of hydrogen-bond donors (Lipinski definition) is 1. The van der Waals surface area contributed by atoms with E-state index in [1.54, 1.807) is 0 Å². The van der Waals surface area contributed by atoms with Crippen molar-refractivity contribution in [2.45, 2.75) is 25.8 Å². The van der Waals surface area contributed by atoms with Gasteiger partial charge in [0, 0.05) is 12.4 Å². The molecule has 1 fully saturated rings. The van der Waals surface area contributed by atoms with Crippen molar-refractivity contribution in [3.8, 4) is 0 Å². The summed E-state index contributed by atoms with van der Waals surface area (Å²) < 4.78 is 5.05. The molecule has 4 nitrogen and oxygen atoms in total. The van der Waals surface area contributed by atoms with Gasteiger partial charge < -0.3 is 10.1 Å². The smallest absolute Gasteiger partial charge is 0.222 e. The zero-order valence-electron chi connectivity index (χ0n) is 8.53. The SMILES string of the molecule is CC(C)c1cnc(NC2COC2)nc1. The van der Waals surface area contributed by atoms with E-state index in [2.05, 4.69) is 29.1 Å². The molecule has 1 aliphatic rings. The maximum Gasteiger partial charge on any atom is 0.222 e. The molecule has 76 valence electrons. The minimum atomic E-state index is 0.389.